The number of alkyl halides is 1. The molecule has 2 rings (SSSR count). The van der Waals surface area contributed by atoms with Crippen LogP contribution < -0.4 is 4.74 Å². The zero-order valence-electron chi connectivity index (χ0n) is 8.02. The van der Waals surface area contributed by atoms with Crippen molar-refractivity contribution in [3.63, 3.8) is 0 Å². The Bertz CT molecular complexity index is 374. The molecule has 0 aromatic heterocycles. The third-order valence-corrected chi connectivity index (χ3v) is 2.19. The molecule has 0 radical (unpaired) electrons. The molecule has 1 aromatic rings. The van der Waals surface area contributed by atoms with Gasteiger partial charge < -0.3 is 9.84 Å². The fourth-order valence-electron chi connectivity index (χ4n) is 1.27. The largest absolute Gasteiger partial charge is 0.490 e. The highest BCUT2D eigenvalue weighted by Crippen LogP contribution is 2.29. The average molecular weight is 210 g/mol. The minimum atomic E-state index is -1.98. The van der Waals surface area contributed by atoms with Crippen LogP contribution in [-0.2, 0) is 4.79 Å². The second-order valence-electron chi connectivity index (χ2n) is 3.59. The smallest absolute Gasteiger partial charge is 0.343 e. The van der Waals surface area contributed by atoms with E-state index in [4.69, 9.17) is 9.84 Å². The van der Waals surface area contributed by atoms with Crippen molar-refractivity contribution in [3.05, 3.63) is 29.8 Å². The molecule has 0 saturated heterocycles. The zero-order valence-corrected chi connectivity index (χ0v) is 8.02. The molecule has 0 heterocycles. The summed E-state index contributed by atoms with van der Waals surface area (Å²) in [4.78, 5) is 10.4. The molecule has 0 amide bonds. The third kappa shape index (κ3) is 2.46. The van der Waals surface area contributed by atoms with Crippen molar-refractivity contribution in [1.29, 1.82) is 0 Å². The Morgan fingerprint density at radius 1 is 1.53 bits per heavy atom. The topological polar surface area (TPSA) is 46.5 Å². The molecule has 4 heteroatoms. The lowest BCUT2D eigenvalue weighted by Crippen LogP contribution is -2.06. The van der Waals surface area contributed by atoms with Crippen molar-refractivity contribution in [2.75, 3.05) is 0 Å². The van der Waals surface area contributed by atoms with Crippen LogP contribution in [0.5, 0.6) is 5.75 Å². The Balaban J connectivity index is 2.13. The first-order chi connectivity index (χ1) is 7.16. The van der Waals surface area contributed by atoms with E-state index in [0.717, 1.165) is 12.8 Å². The summed E-state index contributed by atoms with van der Waals surface area (Å²) in [6.07, 6.45) is 0.278. The predicted molar refractivity (Wildman–Crippen MR) is 51.6 cm³/mol. The van der Waals surface area contributed by atoms with E-state index in [1.165, 1.54) is 12.1 Å². The van der Waals surface area contributed by atoms with Gasteiger partial charge in [-0.2, -0.15) is 0 Å². The summed E-state index contributed by atoms with van der Waals surface area (Å²) in [5.41, 5.74) is 0.126. The predicted octanol–water partition coefficient (Wildman–Crippen LogP) is 2.32. The molecule has 1 N–H and O–H groups in total. The van der Waals surface area contributed by atoms with E-state index in [0.29, 0.717) is 5.75 Å². The van der Waals surface area contributed by atoms with Gasteiger partial charge in [0.1, 0.15) is 5.75 Å². The first kappa shape index (κ1) is 9.96. The van der Waals surface area contributed by atoms with Gasteiger partial charge in [0, 0.05) is 5.56 Å². The number of hydrogen-bond acceptors (Lipinski definition) is 2. The maximum absolute atomic E-state index is 13.1. The van der Waals surface area contributed by atoms with Crippen LogP contribution in [-0.4, -0.2) is 17.2 Å². The number of carboxylic acids is 1. The van der Waals surface area contributed by atoms with Crippen molar-refractivity contribution >= 4 is 5.97 Å². The maximum atomic E-state index is 13.1. The summed E-state index contributed by atoms with van der Waals surface area (Å²) in [6, 6.07) is 6.19. The number of hydrogen-bond donors (Lipinski definition) is 1. The van der Waals surface area contributed by atoms with E-state index in [9.17, 15) is 9.18 Å². The highest BCUT2D eigenvalue weighted by Gasteiger charge is 2.24. The Morgan fingerprint density at radius 3 is 2.87 bits per heavy atom. The van der Waals surface area contributed by atoms with Crippen molar-refractivity contribution in [1.82, 2.24) is 0 Å². The summed E-state index contributed by atoms with van der Waals surface area (Å²) in [6.45, 7) is 0. The van der Waals surface area contributed by atoms with Gasteiger partial charge in [-0.25, -0.2) is 9.18 Å². The number of halogens is 1. The molecule has 80 valence electrons. The molecule has 0 bridgehead atoms. The van der Waals surface area contributed by atoms with Crippen LogP contribution in [0.4, 0.5) is 4.39 Å². The fourth-order valence-corrected chi connectivity index (χ4v) is 1.27. The molecule has 1 atom stereocenters. The average Bonchev–Trinajstić information content (AvgIpc) is 3.01. The lowest BCUT2D eigenvalue weighted by atomic mass is 10.1. The number of ether oxygens (including phenoxy) is 1. The molecule has 0 aliphatic heterocycles. The third-order valence-electron chi connectivity index (χ3n) is 2.19. The minimum absolute atomic E-state index is 0.126. The number of aliphatic carboxylic acids is 1. The van der Waals surface area contributed by atoms with E-state index >= 15 is 0 Å². The van der Waals surface area contributed by atoms with Gasteiger partial charge >= 0.3 is 5.97 Å². The maximum Gasteiger partial charge on any atom is 0.343 e. The lowest BCUT2D eigenvalue weighted by Gasteiger charge is -2.07. The first-order valence-electron chi connectivity index (χ1n) is 4.80. The molecule has 3 nitrogen and oxygen atoms in total. The van der Waals surface area contributed by atoms with Crippen LogP contribution in [0, 0.1) is 0 Å². The second kappa shape index (κ2) is 3.88. The van der Waals surface area contributed by atoms with Gasteiger partial charge in [-0.3, -0.25) is 0 Å². The molecule has 1 fully saturated rings. The molecule has 0 spiro atoms. The number of carbonyl (C=O) groups is 1. The van der Waals surface area contributed by atoms with Gasteiger partial charge in [-0.05, 0) is 25.0 Å². The summed E-state index contributed by atoms with van der Waals surface area (Å²) in [5, 5.41) is 8.50. The fraction of sp³-hybridized carbons (Fsp3) is 0.364. The highest BCUT2D eigenvalue weighted by molar-refractivity contribution is 5.74. The molecule has 1 aromatic carbocycles. The van der Waals surface area contributed by atoms with Crippen LogP contribution >= 0.6 is 0 Å². The van der Waals surface area contributed by atoms with Crippen molar-refractivity contribution in [2.45, 2.75) is 25.1 Å². The number of rotatable bonds is 4. The Labute approximate surface area is 86.5 Å². The molecule has 15 heavy (non-hydrogen) atoms. The van der Waals surface area contributed by atoms with E-state index in [-0.39, 0.29) is 11.7 Å². The van der Waals surface area contributed by atoms with Crippen LogP contribution in [0.2, 0.25) is 0 Å². The van der Waals surface area contributed by atoms with Gasteiger partial charge in [0.15, 0.2) is 0 Å². The van der Waals surface area contributed by atoms with E-state index in [1.54, 1.807) is 12.1 Å². The van der Waals surface area contributed by atoms with Gasteiger partial charge in [0.25, 0.3) is 0 Å². The Hall–Kier alpha value is -1.58. The Morgan fingerprint density at radius 2 is 2.27 bits per heavy atom. The van der Waals surface area contributed by atoms with E-state index < -0.39 is 12.1 Å². The standard InChI is InChI=1S/C11H11FO3/c12-10(11(13)14)7-2-1-3-9(6-7)15-8-4-5-8/h1-3,6,8,10H,4-5H2,(H,13,14). The van der Waals surface area contributed by atoms with Crippen LogP contribution in [0.15, 0.2) is 24.3 Å². The van der Waals surface area contributed by atoms with Gasteiger partial charge in [0.05, 0.1) is 6.10 Å². The lowest BCUT2D eigenvalue weighted by molar-refractivity contribution is -0.143. The van der Waals surface area contributed by atoms with E-state index in [2.05, 4.69) is 0 Å². The monoisotopic (exact) mass is 210 g/mol. The van der Waals surface area contributed by atoms with Crippen molar-refractivity contribution in [3.8, 4) is 5.75 Å². The Kier molecular flexibility index (Phi) is 2.58. The molecule has 1 aliphatic rings. The molecule has 1 aliphatic carbocycles. The van der Waals surface area contributed by atoms with Gasteiger partial charge in [0.2, 0.25) is 6.17 Å². The van der Waals surface area contributed by atoms with Crippen molar-refractivity contribution < 1.29 is 19.0 Å². The van der Waals surface area contributed by atoms with E-state index in [1.807, 2.05) is 0 Å². The first-order valence-corrected chi connectivity index (χ1v) is 4.80. The number of benzene rings is 1. The summed E-state index contributed by atoms with van der Waals surface area (Å²) in [5.74, 6) is -0.933. The van der Waals surface area contributed by atoms with Crippen LogP contribution in [0.1, 0.15) is 24.6 Å². The second-order valence-corrected chi connectivity index (χ2v) is 3.59. The van der Waals surface area contributed by atoms with Gasteiger partial charge in [-0.1, -0.05) is 12.1 Å². The molecular formula is C11H11FO3. The SMILES string of the molecule is O=C(O)C(F)c1cccc(OC2CC2)c1. The molecular weight excluding hydrogens is 199 g/mol. The highest BCUT2D eigenvalue weighted by atomic mass is 19.1. The zero-order chi connectivity index (χ0) is 10.8. The normalized spacial score (nSPS) is 17.1. The number of carboxylic acid groups (broad SMARTS) is 1. The van der Waals surface area contributed by atoms with Crippen molar-refractivity contribution in [2.24, 2.45) is 0 Å². The quantitative estimate of drug-likeness (QED) is 0.829. The van der Waals surface area contributed by atoms with Gasteiger partial charge in [-0.15, -0.1) is 0 Å². The molecule has 1 saturated carbocycles. The summed E-state index contributed by atoms with van der Waals surface area (Å²) in [7, 11) is 0. The van der Waals surface area contributed by atoms with Crippen LogP contribution in [0.3, 0.4) is 0 Å². The summed E-state index contributed by atoms with van der Waals surface area (Å²) < 4.78 is 18.6. The minimum Gasteiger partial charge on any atom is -0.490 e. The van der Waals surface area contributed by atoms with Crippen LogP contribution in [0.25, 0.3) is 0 Å². The summed E-state index contributed by atoms with van der Waals surface area (Å²) >= 11 is 0. The molecule has 1 unspecified atom stereocenters.